The van der Waals surface area contributed by atoms with Crippen molar-refractivity contribution in [2.75, 3.05) is 25.2 Å². The van der Waals surface area contributed by atoms with Crippen LogP contribution in [0.1, 0.15) is 33.1 Å². The topological polar surface area (TPSA) is 0 Å². The summed E-state index contributed by atoms with van der Waals surface area (Å²) in [5, 5.41) is 0. The maximum absolute atomic E-state index is 12.1. The molecule has 0 aliphatic heterocycles. The van der Waals surface area contributed by atoms with E-state index in [9.17, 15) is 13.2 Å². The molecule has 0 fully saturated rings. The molecule has 0 radical (unpaired) electrons. The summed E-state index contributed by atoms with van der Waals surface area (Å²) in [7, 11) is -1.58. The molecule has 0 atom stereocenters. The van der Waals surface area contributed by atoms with Crippen LogP contribution in [0, 0.1) is 0 Å². The summed E-state index contributed by atoms with van der Waals surface area (Å²) in [6.45, 7) is 6.24. The van der Waals surface area contributed by atoms with Gasteiger partial charge in [-0.05, 0) is 0 Å². The predicted molar refractivity (Wildman–Crippen MR) is 60.1 cm³/mol. The van der Waals surface area contributed by atoms with Crippen molar-refractivity contribution < 1.29 is 13.2 Å². The third kappa shape index (κ3) is 6.64. The van der Waals surface area contributed by atoms with Crippen LogP contribution in [0.3, 0.4) is 0 Å². The van der Waals surface area contributed by atoms with Crippen molar-refractivity contribution in [3.8, 4) is 0 Å². The zero-order chi connectivity index (χ0) is 11.2. The molecule has 0 rings (SSSR count). The van der Waals surface area contributed by atoms with E-state index in [2.05, 4.69) is 20.5 Å². The van der Waals surface area contributed by atoms with E-state index in [4.69, 9.17) is 0 Å². The van der Waals surface area contributed by atoms with Gasteiger partial charge in [-0.3, -0.25) is 0 Å². The molecule has 0 heterocycles. The molecular weight excluding hydrogens is 208 g/mol. The Morgan fingerprint density at radius 1 is 0.929 bits per heavy atom. The Morgan fingerprint density at radius 3 is 1.64 bits per heavy atom. The number of halogens is 3. The first-order valence-corrected chi connectivity index (χ1v) is 8.52. The Balaban J connectivity index is 4.08. The minimum atomic E-state index is -3.96. The molecule has 0 saturated heterocycles. The van der Waals surface area contributed by atoms with Crippen molar-refractivity contribution in [2.45, 2.75) is 39.3 Å². The fraction of sp³-hybridized carbons (Fsp3) is 1.00. The van der Waals surface area contributed by atoms with E-state index in [1.54, 1.807) is 0 Å². The normalized spacial score (nSPS) is 14.4. The van der Waals surface area contributed by atoms with Crippen LogP contribution in [0.4, 0.5) is 13.2 Å². The van der Waals surface area contributed by atoms with Crippen LogP contribution in [-0.2, 0) is 0 Å². The van der Waals surface area contributed by atoms with E-state index in [0.717, 1.165) is 25.2 Å². The molecule has 0 bridgehead atoms. The molecule has 88 valence electrons. The summed E-state index contributed by atoms with van der Waals surface area (Å²) in [6, 6.07) is 0. The first-order valence-electron chi connectivity index (χ1n) is 5.40. The van der Waals surface area contributed by atoms with E-state index in [1.807, 2.05) is 0 Å². The summed E-state index contributed by atoms with van der Waals surface area (Å²) in [5.74, 6) is 0. The Labute approximate surface area is 85.6 Å². The van der Waals surface area contributed by atoms with Gasteiger partial charge >= 0.3 is 84.9 Å². The monoisotopic (exact) mass is 230 g/mol. The average Bonchev–Trinajstić information content (AvgIpc) is 2.01. The molecule has 0 amide bonds. The minimum absolute atomic E-state index is 0.415. The molecule has 0 aromatic carbocycles. The van der Waals surface area contributed by atoms with Crippen LogP contribution in [0.25, 0.3) is 0 Å². The number of hydrogen-bond donors (Lipinski definition) is 0. The van der Waals surface area contributed by atoms with Crippen molar-refractivity contribution in [3.05, 3.63) is 0 Å². The van der Waals surface area contributed by atoms with E-state index < -0.39 is 19.9 Å². The van der Waals surface area contributed by atoms with E-state index in [-0.39, 0.29) is 0 Å². The number of rotatable bonds is 6. The van der Waals surface area contributed by atoms with E-state index in [0.29, 0.717) is 6.16 Å². The predicted octanol–water partition coefficient (Wildman–Crippen LogP) is 4.14. The molecule has 14 heavy (non-hydrogen) atoms. The average molecular weight is 230 g/mol. The van der Waals surface area contributed by atoms with Gasteiger partial charge < -0.3 is 0 Å². The Kier molecular flexibility index (Phi) is 6.04. The molecule has 0 unspecified atom stereocenters. The van der Waals surface area contributed by atoms with Gasteiger partial charge in [-0.25, -0.2) is 0 Å². The summed E-state index contributed by atoms with van der Waals surface area (Å²) < 4.78 is 36.3. The van der Waals surface area contributed by atoms with Crippen molar-refractivity contribution in [3.63, 3.8) is 0 Å². The van der Waals surface area contributed by atoms with Crippen molar-refractivity contribution >= 4 is 7.26 Å². The Bertz CT molecular complexity index is 148. The van der Waals surface area contributed by atoms with Crippen LogP contribution in [0.15, 0.2) is 0 Å². The first-order chi connectivity index (χ1) is 6.33. The van der Waals surface area contributed by atoms with E-state index >= 15 is 0 Å². The summed E-state index contributed by atoms with van der Waals surface area (Å²) in [5.41, 5.74) is 0. The first kappa shape index (κ1) is 14.2. The zero-order valence-corrected chi connectivity index (χ0v) is 10.4. The molecule has 0 N–H and O–H groups in total. The zero-order valence-electron chi connectivity index (χ0n) is 9.38. The van der Waals surface area contributed by atoms with Gasteiger partial charge in [0, 0.05) is 0 Å². The van der Waals surface area contributed by atoms with Gasteiger partial charge in [-0.2, -0.15) is 0 Å². The third-order valence-corrected chi connectivity index (χ3v) is 7.59. The van der Waals surface area contributed by atoms with Gasteiger partial charge in [-0.15, -0.1) is 0 Å². The second-order valence-corrected chi connectivity index (χ2v) is 9.55. The molecule has 0 spiro atoms. The Morgan fingerprint density at radius 2 is 1.36 bits per heavy atom. The SMILES string of the molecule is CCC[PH](C)(CCC)CCC(F)(F)F. The second-order valence-electron chi connectivity index (χ2n) is 4.43. The maximum atomic E-state index is 12.1. The third-order valence-electron chi connectivity index (χ3n) is 2.72. The van der Waals surface area contributed by atoms with Gasteiger partial charge in [0.05, 0.1) is 0 Å². The molecule has 0 aliphatic rings. The molecule has 0 aromatic heterocycles. The van der Waals surface area contributed by atoms with Crippen LogP contribution >= 0.6 is 7.26 Å². The molecule has 0 aliphatic carbocycles. The standard InChI is InChI=1S/C10H22F3P/c1-4-7-14(3,8-5-2)9-6-10(11,12)13/h14H,4-9H2,1-3H3. The summed E-state index contributed by atoms with van der Waals surface area (Å²) in [4.78, 5) is 0. The van der Waals surface area contributed by atoms with Crippen molar-refractivity contribution in [2.24, 2.45) is 0 Å². The van der Waals surface area contributed by atoms with Crippen molar-refractivity contribution in [1.82, 2.24) is 0 Å². The number of hydrogen-bond acceptors (Lipinski definition) is 0. The van der Waals surface area contributed by atoms with Gasteiger partial charge in [0.25, 0.3) is 0 Å². The van der Waals surface area contributed by atoms with Crippen LogP contribution < -0.4 is 0 Å². The fourth-order valence-corrected chi connectivity index (χ4v) is 6.08. The van der Waals surface area contributed by atoms with Gasteiger partial charge in [-0.1, -0.05) is 0 Å². The van der Waals surface area contributed by atoms with Crippen LogP contribution in [0.2, 0.25) is 0 Å². The van der Waals surface area contributed by atoms with Crippen LogP contribution in [-0.4, -0.2) is 31.3 Å². The van der Waals surface area contributed by atoms with Gasteiger partial charge in [0.15, 0.2) is 0 Å². The van der Waals surface area contributed by atoms with Gasteiger partial charge in [0.1, 0.15) is 0 Å². The summed E-state index contributed by atoms with van der Waals surface area (Å²) >= 11 is 0. The van der Waals surface area contributed by atoms with Crippen molar-refractivity contribution in [1.29, 1.82) is 0 Å². The van der Waals surface area contributed by atoms with Gasteiger partial charge in [0.2, 0.25) is 0 Å². The number of alkyl halides is 3. The molecule has 0 nitrogen and oxygen atoms in total. The quantitative estimate of drug-likeness (QED) is 0.601. The van der Waals surface area contributed by atoms with E-state index in [1.165, 1.54) is 0 Å². The summed E-state index contributed by atoms with van der Waals surface area (Å²) in [6.07, 6.45) is 0.0125. The van der Waals surface area contributed by atoms with Crippen LogP contribution in [0.5, 0.6) is 0 Å². The molecular formula is C10H22F3P. The molecule has 0 aromatic rings. The Hall–Kier alpha value is 0.220. The molecule has 0 saturated carbocycles. The second kappa shape index (κ2) is 5.95. The fourth-order valence-electron chi connectivity index (χ4n) is 2.03. The molecule has 4 heteroatoms.